The highest BCUT2D eigenvalue weighted by Crippen LogP contribution is 2.24. The molecule has 0 spiro atoms. The summed E-state index contributed by atoms with van der Waals surface area (Å²) >= 11 is 1.54. The molecule has 0 amide bonds. The van der Waals surface area contributed by atoms with E-state index in [2.05, 4.69) is 20.2 Å². The molecule has 0 saturated carbocycles. The zero-order chi connectivity index (χ0) is 13.0. The molecule has 1 fully saturated rings. The lowest BCUT2D eigenvalue weighted by atomic mass is 10.1. The average Bonchev–Trinajstić information content (AvgIpc) is 2.46. The molecule has 0 radical (unpaired) electrons. The van der Waals surface area contributed by atoms with Crippen LogP contribution in [0.2, 0.25) is 0 Å². The van der Waals surface area contributed by atoms with Crippen LogP contribution in [0.25, 0.3) is 0 Å². The topological polar surface area (TPSA) is 50.3 Å². The summed E-state index contributed by atoms with van der Waals surface area (Å²) in [5.41, 5.74) is 0. The minimum absolute atomic E-state index is 0.630. The van der Waals surface area contributed by atoms with Gasteiger partial charge in [-0.15, -0.1) is 0 Å². The summed E-state index contributed by atoms with van der Waals surface area (Å²) in [4.78, 5) is 11.1. The summed E-state index contributed by atoms with van der Waals surface area (Å²) in [6.45, 7) is 2.05. The molecule has 1 aromatic rings. The molecule has 0 atom stereocenters. The van der Waals surface area contributed by atoms with Gasteiger partial charge >= 0.3 is 0 Å². The van der Waals surface area contributed by atoms with Crippen molar-refractivity contribution in [1.82, 2.24) is 15.3 Å². The highest BCUT2D eigenvalue weighted by Gasteiger charge is 2.20. The van der Waals surface area contributed by atoms with Crippen molar-refractivity contribution in [3.05, 3.63) is 6.07 Å². The predicted molar refractivity (Wildman–Crippen MR) is 74.7 cm³/mol. The number of ether oxygens (including phenoxy) is 1. The number of nitrogens with zero attached hydrogens (tertiary/aromatic N) is 3. The molecule has 1 aliphatic heterocycles. The fourth-order valence-electron chi connectivity index (χ4n) is 2.15. The maximum atomic E-state index is 5.23. The highest BCUT2D eigenvalue weighted by molar-refractivity contribution is 7.98. The molecule has 0 unspecified atom stereocenters. The summed E-state index contributed by atoms with van der Waals surface area (Å²) in [6, 6.07) is 2.55. The minimum Gasteiger partial charge on any atom is -0.481 e. The Balaban J connectivity index is 2.13. The minimum atomic E-state index is 0.630. The summed E-state index contributed by atoms with van der Waals surface area (Å²) in [5.74, 6) is 1.61. The van der Waals surface area contributed by atoms with Gasteiger partial charge in [0.25, 0.3) is 0 Å². The number of aromatic nitrogens is 2. The van der Waals surface area contributed by atoms with E-state index in [-0.39, 0.29) is 0 Å². The third kappa shape index (κ3) is 3.05. The van der Waals surface area contributed by atoms with Crippen molar-refractivity contribution in [2.45, 2.75) is 24.0 Å². The van der Waals surface area contributed by atoms with E-state index in [4.69, 9.17) is 4.74 Å². The Morgan fingerprint density at radius 1 is 1.39 bits per heavy atom. The standard InChI is InChI=1S/C12H20N4OS/c1-13-9-4-6-16(7-5-9)10-8-11(17-2)15-12(14-10)18-3/h8-9,13H,4-7H2,1-3H3. The molecule has 1 aliphatic rings. The molecule has 6 heteroatoms. The van der Waals surface area contributed by atoms with Crippen LogP contribution >= 0.6 is 11.8 Å². The molecular formula is C12H20N4OS. The monoisotopic (exact) mass is 268 g/mol. The van der Waals surface area contributed by atoms with Crippen LogP contribution in [0.1, 0.15) is 12.8 Å². The molecule has 0 aromatic carbocycles. The molecule has 0 aliphatic carbocycles. The lowest BCUT2D eigenvalue weighted by Gasteiger charge is -2.32. The van der Waals surface area contributed by atoms with Gasteiger partial charge in [-0.3, -0.25) is 0 Å². The number of rotatable bonds is 4. The van der Waals surface area contributed by atoms with Gasteiger partial charge in [0.1, 0.15) is 5.82 Å². The van der Waals surface area contributed by atoms with Crippen molar-refractivity contribution in [2.24, 2.45) is 0 Å². The van der Waals surface area contributed by atoms with Crippen LogP contribution in [-0.4, -0.2) is 49.5 Å². The molecule has 18 heavy (non-hydrogen) atoms. The van der Waals surface area contributed by atoms with Crippen LogP contribution in [0.15, 0.2) is 11.2 Å². The average molecular weight is 268 g/mol. The van der Waals surface area contributed by atoms with E-state index in [0.29, 0.717) is 11.9 Å². The second-order valence-corrected chi connectivity index (χ2v) is 5.08. The highest BCUT2D eigenvalue weighted by atomic mass is 32.2. The number of piperidine rings is 1. The molecule has 2 rings (SSSR count). The lowest BCUT2D eigenvalue weighted by Crippen LogP contribution is -2.41. The van der Waals surface area contributed by atoms with E-state index >= 15 is 0 Å². The van der Waals surface area contributed by atoms with Gasteiger partial charge in [-0.1, -0.05) is 11.8 Å². The summed E-state index contributed by atoms with van der Waals surface area (Å²) < 4.78 is 5.23. The van der Waals surface area contributed by atoms with Gasteiger partial charge in [0.2, 0.25) is 5.88 Å². The Morgan fingerprint density at radius 2 is 2.11 bits per heavy atom. The molecule has 0 bridgehead atoms. The fraction of sp³-hybridized carbons (Fsp3) is 0.667. The number of thioether (sulfide) groups is 1. The second kappa shape index (κ2) is 6.24. The van der Waals surface area contributed by atoms with Gasteiger partial charge in [0.15, 0.2) is 5.16 Å². The summed E-state index contributed by atoms with van der Waals surface area (Å²) in [6.07, 6.45) is 4.28. The van der Waals surface area contributed by atoms with Gasteiger partial charge in [-0.25, -0.2) is 4.98 Å². The van der Waals surface area contributed by atoms with Gasteiger partial charge < -0.3 is 15.0 Å². The van der Waals surface area contributed by atoms with Crippen molar-refractivity contribution in [3.63, 3.8) is 0 Å². The van der Waals surface area contributed by atoms with Crippen molar-refractivity contribution in [2.75, 3.05) is 38.4 Å². The van der Waals surface area contributed by atoms with Gasteiger partial charge in [0, 0.05) is 25.2 Å². The van der Waals surface area contributed by atoms with Crippen molar-refractivity contribution < 1.29 is 4.74 Å². The van der Waals surface area contributed by atoms with Crippen LogP contribution in [-0.2, 0) is 0 Å². The second-order valence-electron chi connectivity index (χ2n) is 4.31. The van der Waals surface area contributed by atoms with Gasteiger partial charge in [-0.05, 0) is 26.1 Å². The molecule has 2 heterocycles. The largest absolute Gasteiger partial charge is 0.481 e. The first-order chi connectivity index (χ1) is 8.76. The van der Waals surface area contributed by atoms with E-state index in [1.54, 1.807) is 18.9 Å². The van der Waals surface area contributed by atoms with Crippen LogP contribution < -0.4 is 15.0 Å². The smallest absolute Gasteiger partial charge is 0.219 e. The first-order valence-electron chi connectivity index (χ1n) is 6.16. The summed E-state index contributed by atoms with van der Waals surface area (Å²) in [7, 11) is 3.67. The predicted octanol–water partition coefficient (Wildman–Crippen LogP) is 1.40. The van der Waals surface area contributed by atoms with E-state index in [1.807, 2.05) is 19.4 Å². The zero-order valence-electron chi connectivity index (χ0n) is 11.1. The first-order valence-corrected chi connectivity index (χ1v) is 7.38. The third-order valence-corrected chi connectivity index (χ3v) is 3.84. The Morgan fingerprint density at radius 3 is 2.67 bits per heavy atom. The van der Waals surface area contributed by atoms with Crippen LogP contribution in [0.4, 0.5) is 5.82 Å². The third-order valence-electron chi connectivity index (χ3n) is 3.29. The Labute approximate surface area is 112 Å². The maximum Gasteiger partial charge on any atom is 0.219 e. The SMILES string of the molecule is CNC1CCN(c2cc(OC)nc(SC)n2)CC1. The first kappa shape index (κ1) is 13.4. The lowest BCUT2D eigenvalue weighted by molar-refractivity contribution is 0.391. The van der Waals surface area contributed by atoms with E-state index in [0.717, 1.165) is 36.9 Å². The molecule has 1 saturated heterocycles. The van der Waals surface area contributed by atoms with Crippen molar-refractivity contribution in [1.29, 1.82) is 0 Å². The number of nitrogens with one attached hydrogen (secondary N) is 1. The van der Waals surface area contributed by atoms with E-state index in [1.165, 1.54) is 0 Å². The quantitative estimate of drug-likeness (QED) is 0.658. The zero-order valence-corrected chi connectivity index (χ0v) is 12.0. The number of hydrogen-bond acceptors (Lipinski definition) is 6. The van der Waals surface area contributed by atoms with Gasteiger partial charge in [0.05, 0.1) is 7.11 Å². The normalized spacial score (nSPS) is 16.9. The molecule has 100 valence electrons. The Hall–Kier alpha value is -1.01. The number of hydrogen-bond donors (Lipinski definition) is 1. The van der Waals surface area contributed by atoms with Crippen LogP contribution in [0.5, 0.6) is 5.88 Å². The van der Waals surface area contributed by atoms with Crippen molar-refractivity contribution >= 4 is 17.6 Å². The Kier molecular flexibility index (Phi) is 4.66. The van der Waals surface area contributed by atoms with E-state index < -0.39 is 0 Å². The molecule has 1 N–H and O–H groups in total. The van der Waals surface area contributed by atoms with E-state index in [9.17, 15) is 0 Å². The Bertz CT molecular complexity index is 371. The molecule has 5 nitrogen and oxygen atoms in total. The van der Waals surface area contributed by atoms with Gasteiger partial charge in [-0.2, -0.15) is 4.98 Å². The number of anilines is 1. The molecular weight excluding hydrogens is 248 g/mol. The number of methoxy groups -OCH3 is 1. The fourth-order valence-corrected chi connectivity index (χ4v) is 2.51. The van der Waals surface area contributed by atoms with Crippen LogP contribution in [0, 0.1) is 0 Å². The van der Waals surface area contributed by atoms with Crippen LogP contribution in [0.3, 0.4) is 0 Å². The summed E-state index contributed by atoms with van der Waals surface area (Å²) in [5, 5.41) is 4.10. The molecule has 1 aromatic heterocycles. The maximum absolute atomic E-state index is 5.23. The van der Waals surface area contributed by atoms with Crippen molar-refractivity contribution in [3.8, 4) is 5.88 Å².